The molecule has 3 aromatic rings. The van der Waals surface area contributed by atoms with Crippen molar-refractivity contribution < 1.29 is 22.3 Å². The standard InChI is InChI=1S/C20H15Cl2FN2O4S/c21-13-5-7-14(8-6-13)25-30(27,28)15-9-10-16(22)18(11-15)24-20(26)12-29-19-4-2-1-3-17(19)23/h1-11,25H,12H2,(H,24,26). The summed E-state index contributed by atoms with van der Waals surface area (Å²) in [6.45, 7) is -0.489. The summed E-state index contributed by atoms with van der Waals surface area (Å²) in [4.78, 5) is 12.0. The summed E-state index contributed by atoms with van der Waals surface area (Å²) in [6, 6.07) is 15.6. The fourth-order valence-corrected chi connectivity index (χ4v) is 3.77. The van der Waals surface area contributed by atoms with Crippen molar-refractivity contribution in [2.75, 3.05) is 16.6 Å². The molecule has 6 nitrogen and oxygen atoms in total. The molecule has 0 heterocycles. The highest BCUT2D eigenvalue weighted by Crippen LogP contribution is 2.27. The first-order chi connectivity index (χ1) is 14.2. The molecule has 0 aliphatic heterocycles. The second-order valence-electron chi connectivity index (χ2n) is 6.02. The predicted molar refractivity (Wildman–Crippen MR) is 114 cm³/mol. The Bertz CT molecular complexity index is 1170. The van der Waals surface area contributed by atoms with Crippen LogP contribution in [0.15, 0.2) is 71.6 Å². The number of rotatable bonds is 7. The normalized spacial score (nSPS) is 11.0. The first kappa shape index (κ1) is 21.9. The SMILES string of the molecule is O=C(COc1ccccc1F)Nc1cc(S(=O)(=O)Nc2ccc(Cl)cc2)ccc1Cl. The number of nitrogens with one attached hydrogen (secondary N) is 2. The van der Waals surface area contributed by atoms with Gasteiger partial charge < -0.3 is 10.1 Å². The summed E-state index contributed by atoms with van der Waals surface area (Å²) in [5, 5.41) is 3.05. The van der Waals surface area contributed by atoms with Crippen LogP contribution in [0.3, 0.4) is 0 Å². The van der Waals surface area contributed by atoms with E-state index in [4.69, 9.17) is 27.9 Å². The molecule has 156 valence electrons. The lowest BCUT2D eigenvalue weighted by Gasteiger charge is -2.12. The van der Waals surface area contributed by atoms with E-state index in [0.29, 0.717) is 10.7 Å². The highest BCUT2D eigenvalue weighted by molar-refractivity contribution is 7.92. The van der Waals surface area contributed by atoms with Crippen LogP contribution in [0.25, 0.3) is 0 Å². The van der Waals surface area contributed by atoms with E-state index in [1.54, 1.807) is 18.2 Å². The second-order valence-corrected chi connectivity index (χ2v) is 8.55. The smallest absolute Gasteiger partial charge is 0.262 e. The van der Waals surface area contributed by atoms with Gasteiger partial charge in [0, 0.05) is 10.7 Å². The van der Waals surface area contributed by atoms with E-state index in [1.807, 2.05) is 0 Å². The number of ether oxygens (including phenoxy) is 1. The number of hydrogen-bond donors (Lipinski definition) is 2. The largest absolute Gasteiger partial charge is 0.481 e. The maximum absolute atomic E-state index is 13.6. The molecule has 0 aliphatic carbocycles. The van der Waals surface area contributed by atoms with Crippen molar-refractivity contribution in [3.63, 3.8) is 0 Å². The number of sulfonamides is 1. The summed E-state index contributed by atoms with van der Waals surface area (Å²) in [5.41, 5.74) is 0.385. The van der Waals surface area contributed by atoms with E-state index in [2.05, 4.69) is 10.0 Å². The number of para-hydroxylation sites is 1. The van der Waals surface area contributed by atoms with Gasteiger partial charge in [0.2, 0.25) is 0 Å². The molecule has 0 atom stereocenters. The average Bonchev–Trinajstić information content (AvgIpc) is 2.70. The molecule has 2 N–H and O–H groups in total. The molecule has 0 aromatic heterocycles. The number of anilines is 2. The molecule has 3 aromatic carbocycles. The zero-order chi connectivity index (χ0) is 21.7. The van der Waals surface area contributed by atoms with Crippen LogP contribution in [0, 0.1) is 5.82 Å². The summed E-state index contributed by atoms with van der Waals surface area (Å²) >= 11 is 11.9. The zero-order valence-corrected chi connectivity index (χ0v) is 17.6. The molecule has 0 bridgehead atoms. The topological polar surface area (TPSA) is 84.5 Å². The molecule has 0 aliphatic rings. The van der Waals surface area contributed by atoms with Crippen LogP contribution < -0.4 is 14.8 Å². The molecule has 0 spiro atoms. The number of carbonyl (C=O) groups excluding carboxylic acids is 1. The average molecular weight is 469 g/mol. The van der Waals surface area contributed by atoms with Crippen LogP contribution in [0.4, 0.5) is 15.8 Å². The molecule has 0 radical (unpaired) electrons. The monoisotopic (exact) mass is 468 g/mol. The number of amides is 1. The first-order valence-electron chi connectivity index (χ1n) is 8.50. The van der Waals surface area contributed by atoms with Gasteiger partial charge >= 0.3 is 0 Å². The lowest BCUT2D eigenvalue weighted by Crippen LogP contribution is -2.21. The Morgan fingerprint density at radius 2 is 1.70 bits per heavy atom. The van der Waals surface area contributed by atoms with Crippen LogP contribution in [0.1, 0.15) is 0 Å². The van der Waals surface area contributed by atoms with Gasteiger partial charge in [-0.05, 0) is 54.6 Å². The van der Waals surface area contributed by atoms with Gasteiger partial charge in [-0.3, -0.25) is 9.52 Å². The van der Waals surface area contributed by atoms with Crippen molar-refractivity contribution in [2.45, 2.75) is 4.90 Å². The van der Waals surface area contributed by atoms with Gasteiger partial charge in [0.1, 0.15) is 0 Å². The molecule has 0 unspecified atom stereocenters. The molecule has 3 rings (SSSR count). The summed E-state index contributed by atoms with van der Waals surface area (Å²) in [7, 11) is -3.95. The van der Waals surface area contributed by atoms with E-state index in [9.17, 15) is 17.6 Å². The second kappa shape index (κ2) is 9.34. The third kappa shape index (κ3) is 5.63. The third-order valence-electron chi connectivity index (χ3n) is 3.81. The van der Waals surface area contributed by atoms with Crippen molar-refractivity contribution in [3.8, 4) is 5.75 Å². The van der Waals surface area contributed by atoms with Crippen LogP contribution >= 0.6 is 23.2 Å². The van der Waals surface area contributed by atoms with E-state index in [-0.39, 0.29) is 21.4 Å². The Morgan fingerprint density at radius 1 is 1.00 bits per heavy atom. The van der Waals surface area contributed by atoms with Crippen LogP contribution in [-0.4, -0.2) is 20.9 Å². The van der Waals surface area contributed by atoms with Crippen LogP contribution in [0.5, 0.6) is 5.75 Å². The van der Waals surface area contributed by atoms with Crippen molar-refractivity contribution in [1.82, 2.24) is 0 Å². The molecule has 30 heavy (non-hydrogen) atoms. The Hall–Kier alpha value is -2.81. The van der Waals surface area contributed by atoms with Gasteiger partial charge in [0.25, 0.3) is 15.9 Å². The van der Waals surface area contributed by atoms with E-state index < -0.39 is 28.4 Å². The lowest BCUT2D eigenvalue weighted by molar-refractivity contribution is -0.118. The van der Waals surface area contributed by atoms with Gasteiger partial charge in [-0.15, -0.1) is 0 Å². The van der Waals surface area contributed by atoms with E-state index in [0.717, 1.165) is 0 Å². The maximum atomic E-state index is 13.6. The number of carbonyl (C=O) groups is 1. The lowest BCUT2D eigenvalue weighted by atomic mass is 10.3. The quantitative estimate of drug-likeness (QED) is 0.513. The summed E-state index contributed by atoms with van der Waals surface area (Å²) in [6.07, 6.45) is 0. The predicted octanol–water partition coefficient (Wildman–Crippen LogP) is 4.95. The number of halogens is 3. The Morgan fingerprint density at radius 3 is 2.40 bits per heavy atom. The van der Waals surface area contributed by atoms with Gasteiger partial charge in [-0.1, -0.05) is 35.3 Å². The third-order valence-corrected chi connectivity index (χ3v) is 5.77. The van der Waals surface area contributed by atoms with Gasteiger partial charge in [-0.25, -0.2) is 12.8 Å². The maximum Gasteiger partial charge on any atom is 0.262 e. The minimum absolute atomic E-state index is 0.0674. The van der Waals surface area contributed by atoms with Crippen molar-refractivity contribution in [3.05, 3.63) is 82.6 Å². The van der Waals surface area contributed by atoms with E-state index >= 15 is 0 Å². The molecule has 0 fully saturated rings. The minimum Gasteiger partial charge on any atom is -0.481 e. The number of benzene rings is 3. The Balaban J connectivity index is 1.72. The molecule has 0 saturated carbocycles. The van der Waals surface area contributed by atoms with Gasteiger partial charge in [0.15, 0.2) is 18.2 Å². The fourth-order valence-electron chi connectivity index (χ4n) is 2.39. The Kier molecular flexibility index (Phi) is 6.81. The summed E-state index contributed by atoms with van der Waals surface area (Å²) in [5.74, 6) is -1.33. The van der Waals surface area contributed by atoms with Crippen LogP contribution in [-0.2, 0) is 14.8 Å². The van der Waals surface area contributed by atoms with Crippen molar-refractivity contribution in [2.24, 2.45) is 0 Å². The van der Waals surface area contributed by atoms with E-state index in [1.165, 1.54) is 48.5 Å². The minimum atomic E-state index is -3.95. The van der Waals surface area contributed by atoms with Crippen molar-refractivity contribution in [1.29, 1.82) is 0 Å². The molecule has 10 heteroatoms. The summed E-state index contributed by atoms with van der Waals surface area (Å²) < 4.78 is 46.3. The fraction of sp³-hybridized carbons (Fsp3) is 0.0500. The number of hydrogen-bond acceptors (Lipinski definition) is 4. The zero-order valence-electron chi connectivity index (χ0n) is 15.2. The highest BCUT2D eigenvalue weighted by atomic mass is 35.5. The molecular weight excluding hydrogens is 454 g/mol. The molecule has 0 saturated heterocycles. The van der Waals surface area contributed by atoms with Crippen LogP contribution in [0.2, 0.25) is 10.0 Å². The Labute approximate surface area is 182 Å². The van der Waals surface area contributed by atoms with Gasteiger partial charge in [-0.2, -0.15) is 0 Å². The highest BCUT2D eigenvalue weighted by Gasteiger charge is 2.17. The van der Waals surface area contributed by atoms with Gasteiger partial charge in [0.05, 0.1) is 15.6 Å². The molecule has 1 amide bonds. The first-order valence-corrected chi connectivity index (χ1v) is 10.7. The van der Waals surface area contributed by atoms with Crippen molar-refractivity contribution >= 4 is 50.5 Å². The molecular formula is C20H15Cl2FN2O4S.